The second kappa shape index (κ2) is 9.54. The molecule has 3 N–H and O–H groups in total. The van der Waals surface area contributed by atoms with Crippen molar-refractivity contribution in [2.75, 3.05) is 11.6 Å². The summed E-state index contributed by atoms with van der Waals surface area (Å²) in [7, 11) is 0. The van der Waals surface area contributed by atoms with Gasteiger partial charge in [-0.15, -0.1) is 0 Å². The largest absolute Gasteiger partial charge is 0.389 e. The van der Waals surface area contributed by atoms with Gasteiger partial charge in [-0.2, -0.15) is 10.1 Å². The molecule has 2 aliphatic rings. The van der Waals surface area contributed by atoms with Crippen LogP contribution in [0.2, 0.25) is 0 Å². The number of benzene rings is 2. The summed E-state index contributed by atoms with van der Waals surface area (Å²) in [6, 6.07) is 10.8. The van der Waals surface area contributed by atoms with Gasteiger partial charge in [-0.3, -0.25) is 9.59 Å². The van der Waals surface area contributed by atoms with E-state index in [9.17, 15) is 23.5 Å². The van der Waals surface area contributed by atoms with Crippen LogP contribution in [0.4, 0.5) is 14.5 Å². The molecule has 2 aromatic carbocycles. The molecule has 0 spiro atoms. The first kappa shape index (κ1) is 22.0. The molecule has 0 unspecified atom stereocenters. The third-order valence-electron chi connectivity index (χ3n) is 5.66. The topological polar surface area (TPSA) is 94.0 Å². The molecule has 9 heteroatoms. The number of nitrogens with zero attached hydrogens (tertiary/aromatic N) is 2. The first-order valence-corrected chi connectivity index (χ1v) is 10.5. The Morgan fingerprint density at radius 3 is 2.59 bits per heavy atom. The standard InChI is InChI=1S/C23H24F2N4O3/c24-15-9-14(10-16(25)12-15)11-19(22(31)18-7-4-8-26-18)27-23(32)20-13-21(30)29(28-20)17-5-2-1-3-6-17/h1-3,5-6,9-10,12,18-19,22,26,31H,4,7-8,11,13H2,(H,27,32)/t18-,19+,22-/m1/s1. The fourth-order valence-electron chi connectivity index (χ4n) is 4.10. The average molecular weight is 442 g/mol. The van der Waals surface area contributed by atoms with E-state index in [1.165, 1.54) is 17.1 Å². The summed E-state index contributed by atoms with van der Waals surface area (Å²) in [4.78, 5) is 25.3. The smallest absolute Gasteiger partial charge is 0.268 e. The number of halogens is 2. The van der Waals surface area contributed by atoms with Gasteiger partial charge in [0.25, 0.3) is 11.8 Å². The Bertz CT molecular complexity index is 1000. The number of anilines is 1. The predicted molar refractivity (Wildman–Crippen MR) is 115 cm³/mol. The molecule has 0 radical (unpaired) electrons. The molecule has 2 amide bonds. The van der Waals surface area contributed by atoms with Crippen LogP contribution in [-0.2, 0) is 16.0 Å². The highest BCUT2D eigenvalue weighted by Gasteiger charge is 2.34. The van der Waals surface area contributed by atoms with E-state index in [1.807, 2.05) is 0 Å². The Labute approximate surface area is 184 Å². The minimum Gasteiger partial charge on any atom is -0.389 e. The van der Waals surface area contributed by atoms with Crippen molar-refractivity contribution in [3.63, 3.8) is 0 Å². The fraction of sp³-hybridized carbons (Fsp3) is 0.348. The SMILES string of the molecule is O=C(N[C@@H](Cc1cc(F)cc(F)c1)[C@H](O)[C@H]1CCCN1)C1=NN(c2ccccc2)C(=O)C1. The van der Waals surface area contributed by atoms with E-state index in [0.717, 1.165) is 19.0 Å². The van der Waals surface area contributed by atoms with E-state index in [4.69, 9.17) is 0 Å². The molecule has 0 aromatic heterocycles. The summed E-state index contributed by atoms with van der Waals surface area (Å²) in [5.74, 6) is -2.41. The van der Waals surface area contributed by atoms with E-state index < -0.39 is 29.7 Å². The van der Waals surface area contributed by atoms with Crippen LogP contribution in [-0.4, -0.2) is 47.4 Å². The number of hydrazone groups is 1. The number of aliphatic hydroxyl groups excluding tert-OH is 1. The number of hydrogen-bond acceptors (Lipinski definition) is 5. The maximum absolute atomic E-state index is 13.7. The van der Waals surface area contributed by atoms with Crippen LogP contribution in [0.1, 0.15) is 24.8 Å². The molecule has 168 valence electrons. The molecule has 1 saturated heterocycles. The molecule has 0 bridgehead atoms. The Hall–Kier alpha value is -3.17. The highest BCUT2D eigenvalue weighted by Crippen LogP contribution is 2.21. The van der Waals surface area contributed by atoms with Crippen LogP contribution in [0.3, 0.4) is 0 Å². The summed E-state index contributed by atoms with van der Waals surface area (Å²) in [5, 5.41) is 22.1. The molecule has 32 heavy (non-hydrogen) atoms. The van der Waals surface area contributed by atoms with Gasteiger partial charge in [0.1, 0.15) is 17.3 Å². The monoisotopic (exact) mass is 442 g/mol. The number of nitrogens with one attached hydrogen (secondary N) is 2. The Balaban J connectivity index is 1.53. The molecule has 2 aromatic rings. The molecule has 0 aliphatic carbocycles. The molecule has 7 nitrogen and oxygen atoms in total. The van der Waals surface area contributed by atoms with Gasteiger partial charge in [-0.25, -0.2) is 8.78 Å². The second-order valence-corrected chi connectivity index (χ2v) is 8.02. The Kier molecular flexibility index (Phi) is 6.57. The molecule has 4 rings (SSSR count). The number of aliphatic hydroxyl groups is 1. The summed E-state index contributed by atoms with van der Waals surface area (Å²) in [5.41, 5.74) is 0.864. The third-order valence-corrected chi connectivity index (χ3v) is 5.66. The zero-order chi connectivity index (χ0) is 22.7. The van der Waals surface area contributed by atoms with Crippen LogP contribution in [0.15, 0.2) is 53.6 Å². The van der Waals surface area contributed by atoms with Crippen molar-refractivity contribution in [3.05, 3.63) is 65.7 Å². The molecular weight excluding hydrogens is 418 g/mol. The summed E-state index contributed by atoms with van der Waals surface area (Å²) >= 11 is 0. The van der Waals surface area contributed by atoms with E-state index in [2.05, 4.69) is 15.7 Å². The van der Waals surface area contributed by atoms with Crippen molar-refractivity contribution in [1.82, 2.24) is 10.6 Å². The minimum atomic E-state index is -0.990. The second-order valence-electron chi connectivity index (χ2n) is 8.02. The van der Waals surface area contributed by atoms with Crippen LogP contribution in [0.5, 0.6) is 0 Å². The van der Waals surface area contributed by atoms with Gasteiger partial charge in [-0.05, 0) is 55.6 Å². The van der Waals surface area contributed by atoms with Crippen molar-refractivity contribution < 1.29 is 23.5 Å². The highest BCUT2D eigenvalue weighted by molar-refractivity contribution is 6.44. The van der Waals surface area contributed by atoms with E-state index >= 15 is 0 Å². The number of amides is 2. The maximum Gasteiger partial charge on any atom is 0.268 e. The normalized spacial score (nSPS) is 20.2. The molecular formula is C23H24F2N4O3. The average Bonchev–Trinajstić information content (AvgIpc) is 3.43. The lowest BCUT2D eigenvalue weighted by Crippen LogP contribution is -2.53. The van der Waals surface area contributed by atoms with E-state index in [-0.39, 0.29) is 30.5 Å². The van der Waals surface area contributed by atoms with Gasteiger partial charge in [0.2, 0.25) is 0 Å². The number of hydrogen-bond donors (Lipinski definition) is 3. The number of rotatable bonds is 7. The number of carbonyl (C=O) groups is 2. The Morgan fingerprint density at radius 2 is 1.94 bits per heavy atom. The predicted octanol–water partition coefficient (Wildman–Crippen LogP) is 1.90. The van der Waals surface area contributed by atoms with Crippen LogP contribution in [0.25, 0.3) is 0 Å². The van der Waals surface area contributed by atoms with Crippen molar-refractivity contribution in [2.45, 2.75) is 43.9 Å². The van der Waals surface area contributed by atoms with Gasteiger partial charge < -0.3 is 15.7 Å². The van der Waals surface area contributed by atoms with Gasteiger partial charge in [0.05, 0.1) is 24.3 Å². The van der Waals surface area contributed by atoms with Crippen molar-refractivity contribution >= 4 is 23.2 Å². The van der Waals surface area contributed by atoms with E-state index in [0.29, 0.717) is 17.7 Å². The fourth-order valence-corrected chi connectivity index (χ4v) is 4.10. The minimum absolute atomic E-state index is 0.0147. The zero-order valence-corrected chi connectivity index (χ0v) is 17.3. The Morgan fingerprint density at radius 1 is 1.22 bits per heavy atom. The summed E-state index contributed by atoms with van der Waals surface area (Å²) < 4.78 is 27.3. The lowest BCUT2D eigenvalue weighted by Gasteiger charge is -2.28. The first-order valence-electron chi connectivity index (χ1n) is 10.5. The molecule has 2 aliphatic heterocycles. The molecule has 1 fully saturated rings. The first-order chi connectivity index (χ1) is 15.4. The van der Waals surface area contributed by atoms with Crippen molar-refractivity contribution in [1.29, 1.82) is 0 Å². The van der Waals surface area contributed by atoms with Gasteiger partial charge in [0, 0.05) is 12.1 Å². The van der Waals surface area contributed by atoms with E-state index in [1.54, 1.807) is 30.3 Å². The summed E-state index contributed by atoms with van der Waals surface area (Å²) in [6.45, 7) is 0.740. The van der Waals surface area contributed by atoms with Crippen molar-refractivity contribution in [3.8, 4) is 0 Å². The third kappa shape index (κ3) is 5.00. The van der Waals surface area contributed by atoms with Gasteiger partial charge in [-0.1, -0.05) is 18.2 Å². The van der Waals surface area contributed by atoms with Crippen molar-refractivity contribution in [2.24, 2.45) is 5.10 Å². The van der Waals surface area contributed by atoms with Crippen LogP contribution >= 0.6 is 0 Å². The lowest BCUT2D eigenvalue weighted by atomic mass is 9.95. The van der Waals surface area contributed by atoms with Crippen LogP contribution in [0, 0.1) is 11.6 Å². The zero-order valence-electron chi connectivity index (χ0n) is 17.3. The van der Waals surface area contributed by atoms with Gasteiger partial charge >= 0.3 is 0 Å². The molecule has 3 atom stereocenters. The molecule has 0 saturated carbocycles. The molecule has 2 heterocycles. The van der Waals surface area contributed by atoms with Crippen LogP contribution < -0.4 is 15.6 Å². The number of carbonyl (C=O) groups excluding carboxylic acids is 2. The maximum atomic E-state index is 13.7. The highest BCUT2D eigenvalue weighted by atomic mass is 19.1. The quantitative estimate of drug-likeness (QED) is 0.611. The summed E-state index contributed by atoms with van der Waals surface area (Å²) in [6.07, 6.45) is 0.440. The number of para-hydroxylation sites is 1. The van der Waals surface area contributed by atoms with Gasteiger partial charge in [0.15, 0.2) is 0 Å². The lowest BCUT2D eigenvalue weighted by molar-refractivity contribution is -0.119.